The lowest BCUT2D eigenvalue weighted by Gasteiger charge is -2.11. The summed E-state index contributed by atoms with van der Waals surface area (Å²) in [6, 6.07) is 13.8. The number of fused-ring (bicyclic) bond motifs is 1. The molecule has 0 unspecified atom stereocenters. The number of ether oxygens (including phenoxy) is 1. The maximum atomic E-state index is 5.18. The van der Waals surface area contributed by atoms with E-state index in [2.05, 4.69) is 32.7 Å². The number of methoxy groups -OCH3 is 1. The summed E-state index contributed by atoms with van der Waals surface area (Å²) in [6.45, 7) is 4.19. The summed E-state index contributed by atoms with van der Waals surface area (Å²) in [5, 5.41) is 15.0. The Morgan fingerprint density at radius 1 is 1.11 bits per heavy atom. The molecule has 0 fully saturated rings. The van der Waals surface area contributed by atoms with Crippen LogP contribution in [0.15, 0.2) is 53.7 Å². The number of hydrogen-bond acceptors (Lipinski definition) is 4. The first-order valence-corrected chi connectivity index (χ1v) is 8.74. The summed E-state index contributed by atoms with van der Waals surface area (Å²) in [6.07, 6.45) is 2.74. The van der Waals surface area contributed by atoms with Crippen molar-refractivity contribution in [3.63, 3.8) is 0 Å². The molecule has 2 heterocycles. The van der Waals surface area contributed by atoms with Crippen LogP contribution in [0.2, 0.25) is 0 Å². The van der Waals surface area contributed by atoms with Gasteiger partial charge in [-0.15, -0.1) is 34.2 Å². The molecular weight excluding hydrogens is 455 g/mol. The molecule has 1 aromatic carbocycles. The van der Waals surface area contributed by atoms with E-state index >= 15 is 0 Å². The van der Waals surface area contributed by atoms with Crippen molar-refractivity contribution >= 4 is 35.6 Å². The number of aliphatic imine (C=N–C) groups is 1. The molecule has 0 aliphatic carbocycles. The van der Waals surface area contributed by atoms with Crippen molar-refractivity contribution < 1.29 is 4.74 Å². The van der Waals surface area contributed by atoms with Crippen LogP contribution >= 0.6 is 24.0 Å². The standard InChI is InChI=1S/C19H24N6O.HI/c1-3-20-19(22-14-15-7-9-16(26-2)10-8-15)21-12-11-18-24-23-17-6-4-5-13-25(17)18;/h4-10,13H,3,11-12,14H2,1-2H3,(H2,20,21,22);1H. The fourth-order valence-electron chi connectivity index (χ4n) is 2.60. The first-order chi connectivity index (χ1) is 12.8. The van der Waals surface area contributed by atoms with Crippen LogP contribution < -0.4 is 15.4 Å². The van der Waals surface area contributed by atoms with Crippen molar-refractivity contribution in [3.05, 3.63) is 60.0 Å². The Morgan fingerprint density at radius 2 is 1.93 bits per heavy atom. The number of pyridine rings is 1. The van der Waals surface area contributed by atoms with E-state index in [4.69, 9.17) is 4.74 Å². The lowest BCUT2D eigenvalue weighted by Crippen LogP contribution is -2.38. The molecule has 0 saturated carbocycles. The summed E-state index contributed by atoms with van der Waals surface area (Å²) in [5.41, 5.74) is 1.99. The molecular formula is C19H25IN6O. The lowest BCUT2D eigenvalue weighted by molar-refractivity contribution is 0.414. The molecule has 8 heteroatoms. The van der Waals surface area contributed by atoms with Gasteiger partial charge in [0.2, 0.25) is 0 Å². The molecule has 27 heavy (non-hydrogen) atoms. The van der Waals surface area contributed by atoms with Crippen LogP contribution in [0.1, 0.15) is 18.3 Å². The number of benzene rings is 1. The SMILES string of the molecule is CCNC(=NCc1ccc(OC)cc1)NCCc1nnc2ccccn12.I. The second-order valence-electron chi connectivity index (χ2n) is 5.77. The Balaban J connectivity index is 0.00000261. The Bertz CT molecular complexity index is 862. The van der Waals surface area contributed by atoms with Gasteiger partial charge in [0.1, 0.15) is 11.6 Å². The third kappa shape index (κ3) is 5.81. The number of aromatic nitrogens is 3. The minimum absolute atomic E-state index is 0. The number of nitrogens with one attached hydrogen (secondary N) is 2. The topological polar surface area (TPSA) is 75.8 Å². The second kappa shape index (κ2) is 10.7. The van der Waals surface area contributed by atoms with Gasteiger partial charge >= 0.3 is 0 Å². The van der Waals surface area contributed by atoms with Crippen LogP contribution in [0.3, 0.4) is 0 Å². The second-order valence-corrected chi connectivity index (χ2v) is 5.77. The van der Waals surface area contributed by atoms with Crippen LogP contribution in [0.4, 0.5) is 0 Å². The van der Waals surface area contributed by atoms with Crippen molar-refractivity contribution in [1.29, 1.82) is 0 Å². The van der Waals surface area contributed by atoms with Gasteiger partial charge in [-0.05, 0) is 36.8 Å². The largest absolute Gasteiger partial charge is 0.497 e. The van der Waals surface area contributed by atoms with E-state index in [-0.39, 0.29) is 24.0 Å². The maximum Gasteiger partial charge on any atom is 0.191 e. The normalized spacial score (nSPS) is 11.1. The zero-order valence-electron chi connectivity index (χ0n) is 15.6. The molecule has 7 nitrogen and oxygen atoms in total. The predicted molar refractivity (Wildman–Crippen MR) is 118 cm³/mol. The average molecular weight is 480 g/mol. The van der Waals surface area contributed by atoms with Crippen LogP contribution in [0.25, 0.3) is 5.65 Å². The van der Waals surface area contributed by atoms with Gasteiger partial charge in [0.25, 0.3) is 0 Å². The van der Waals surface area contributed by atoms with Gasteiger partial charge in [-0.3, -0.25) is 4.40 Å². The smallest absolute Gasteiger partial charge is 0.191 e. The highest BCUT2D eigenvalue weighted by Crippen LogP contribution is 2.11. The van der Waals surface area contributed by atoms with Crippen LogP contribution in [0, 0.1) is 0 Å². The molecule has 3 aromatic rings. The number of rotatable bonds is 7. The van der Waals surface area contributed by atoms with Gasteiger partial charge in [-0.2, -0.15) is 0 Å². The molecule has 0 atom stereocenters. The van der Waals surface area contributed by atoms with E-state index in [9.17, 15) is 0 Å². The Morgan fingerprint density at radius 3 is 2.67 bits per heavy atom. The van der Waals surface area contributed by atoms with Crippen LogP contribution in [-0.2, 0) is 13.0 Å². The zero-order valence-corrected chi connectivity index (χ0v) is 17.9. The number of nitrogens with zero attached hydrogens (tertiary/aromatic N) is 4. The first-order valence-electron chi connectivity index (χ1n) is 8.74. The molecule has 0 amide bonds. The highest BCUT2D eigenvalue weighted by Gasteiger charge is 2.05. The molecule has 0 radical (unpaired) electrons. The first kappa shape index (κ1) is 20.9. The Kier molecular flexibility index (Phi) is 8.31. The van der Waals surface area contributed by atoms with Crippen molar-refractivity contribution in [2.45, 2.75) is 19.9 Å². The highest BCUT2D eigenvalue weighted by molar-refractivity contribution is 14.0. The van der Waals surface area contributed by atoms with Gasteiger partial charge in [0.15, 0.2) is 11.6 Å². The lowest BCUT2D eigenvalue weighted by atomic mass is 10.2. The van der Waals surface area contributed by atoms with E-state index < -0.39 is 0 Å². The van der Waals surface area contributed by atoms with Gasteiger partial charge in [0, 0.05) is 25.7 Å². The van der Waals surface area contributed by atoms with Gasteiger partial charge in [-0.1, -0.05) is 18.2 Å². The van der Waals surface area contributed by atoms with Gasteiger partial charge in [-0.25, -0.2) is 4.99 Å². The van der Waals surface area contributed by atoms with E-state index in [1.807, 2.05) is 53.1 Å². The third-order valence-corrected chi connectivity index (χ3v) is 3.95. The Hall–Kier alpha value is -2.36. The van der Waals surface area contributed by atoms with Crippen LogP contribution in [0.5, 0.6) is 5.75 Å². The summed E-state index contributed by atoms with van der Waals surface area (Å²) >= 11 is 0. The number of guanidine groups is 1. The fourth-order valence-corrected chi connectivity index (χ4v) is 2.60. The molecule has 3 rings (SSSR count). The summed E-state index contributed by atoms with van der Waals surface area (Å²) in [4.78, 5) is 4.63. The summed E-state index contributed by atoms with van der Waals surface area (Å²) in [5.74, 6) is 2.57. The van der Waals surface area contributed by atoms with Crippen molar-refractivity contribution in [1.82, 2.24) is 25.2 Å². The summed E-state index contributed by atoms with van der Waals surface area (Å²) in [7, 11) is 1.67. The Labute approximate surface area is 176 Å². The van der Waals surface area contributed by atoms with E-state index in [1.54, 1.807) is 7.11 Å². The quantitative estimate of drug-likeness (QED) is 0.309. The summed E-state index contributed by atoms with van der Waals surface area (Å²) < 4.78 is 7.18. The number of halogens is 1. The molecule has 2 N–H and O–H groups in total. The minimum Gasteiger partial charge on any atom is -0.497 e. The molecule has 0 bridgehead atoms. The van der Waals surface area contributed by atoms with Crippen molar-refractivity contribution in [3.8, 4) is 5.75 Å². The molecule has 0 saturated heterocycles. The monoisotopic (exact) mass is 480 g/mol. The van der Waals surface area contributed by atoms with Crippen molar-refractivity contribution in [2.24, 2.45) is 4.99 Å². The molecule has 144 valence electrons. The highest BCUT2D eigenvalue weighted by atomic mass is 127. The zero-order chi connectivity index (χ0) is 18.2. The minimum atomic E-state index is 0. The third-order valence-electron chi connectivity index (χ3n) is 3.95. The van der Waals surface area contributed by atoms with Gasteiger partial charge < -0.3 is 15.4 Å². The fraction of sp³-hybridized carbons (Fsp3) is 0.316. The maximum absolute atomic E-state index is 5.18. The average Bonchev–Trinajstić information content (AvgIpc) is 3.10. The van der Waals surface area contributed by atoms with E-state index in [0.29, 0.717) is 6.54 Å². The molecule has 0 spiro atoms. The molecule has 0 aliphatic heterocycles. The van der Waals surface area contributed by atoms with Gasteiger partial charge in [0.05, 0.1) is 13.7 Å². The predicted octanol–water partition coefficient (Wildman–Crippen LogP) is 2.65. The van der Waals surface area contributed by atoms with Crippen molar-refractivity contribution in [2.75, 3.05) is 20.2 Å². The van der Waals surface area contributed by atoms with Crippen LogP contribution in [-0.4, -0.2) is 40.8 Å². The van der Waals surface area contributed by atoms with E-state index in [0.717, 1.165) is 48.3 Å². The number of hydrogen-bond donors (Lipinski definition) is 2. The molecule has 2 aromatic heterocycles. The van der Waals surface area contributed by atoms with E-state index in [1.165, 1.54) is 0 Å². The molecule has 0 aliphatic rings.